The average molecular weight is 783 g/mol. The van der Waals surface area contributed by atoms with Gasteiger partial charge in [-0.05, 0) is 12.0 Å². The smallest absolute Gasteiger partial charge is 0.407 e. The quantitative estimate of drug-likeness (QED) is 0.0716. The van der Waals surface area contributed by atoms with Crippen molar-refractivity contribution in [1.82, 2.24) is 5.32 Å². The number of fused-ring (bicyclic) bond motifs is 1. The van der Waals surface area contributed by atoms with E-state index in [1.807, 2.05) is 60.7 Å². The van der Waals surface area contributed by atoms with Crippen LogP contribution in [0.25, 0.3) is 0 Å². The van der Waals surface area contributed by atoms with Crippen molar-refractivity contribution in [3.8, 4) is 0 Å². The zero-order chi connectivity index (χ0) is 37.2. The van der Waals surface area contributed by atoms with Crippen LogP contribution in [0.2, 0.25) is 0 Å². The van der Waals surface area contributed by atoms with E-state index in [2.05, 4.69) is 18.8 Å². The normalized spacial score (nSPS) is 23.7. The number of hydrogen-bond acceptors (Lipinski definition) is 8. The van der Waals surface area contributed by atoms with E-state index in [1.54, 1.807) is 6.08 Å². The zero-order valence-corrected chi connectivity index (χ0v) is 32.4. The summed E-state index contributed by atoms with van der Waals surface area (Å²) in [6.07, 6.45) is 8.52. The molecule has 1 N–H and O–H groups in total. The standard InChI is InChI=1S/C40H54Cl3NO8/c1-3-5-6-7-8-9-10-11-18-23-31(48-26-29-19-14-12-15-20-29)25-32(45)34-35(44-39(46)50-28-40(41,42)43)38(47-24-4-2)51-33-27-49-37(52-36(33)34)30-21-16-13-17-22-30/h4,12-17,19-22,31,33-38H,2-3,5-11,18,23-28H2,1H3,(H,44,46)/t31-,33-,34-,35-,36-,37?,38+/m1/s1. The van der Waals surface area contributed by atoms with Gasteiger partial charge in [-0.25, -0.2) is 4.79 Å². The molecule has 0 spiro atoms. The molecule has 9 nitrogen and oxygen atoms in total. The summed E-state index contributed by atoms with van der Waals surface area (Å²) in [5.41, 5.74) is 1.81. The lowest BCUT2D eigenvalue weighted by molar-refractivity contribution is -0.331. The van der Waals surface area contributed by atoms with Crippen LogP contribution in [0.1, 0.15) is 95.0 Å². The predicted molar refractivity (Wildman–Crippen MR) is 203 cm³/mol. The van der Waals surface area contributed by atoms with E-state index in [0.717, 1.165) is 30.4 Å². The van der Waals surface area contributed by atoms with Crippen LogP contribution in [0, 0.1) is 5.92 Å². The number of carbonyl (C=O) groups is 2. The first-order valence-electron chi connectivity index (χ1n) is 18.6. The molecule has 288 valence electrons. The maximum atomic E-state index is 14.7. The fourth-order valence-corrected chi connectivity index (χ4v) is 6.81. The SMILES string of the molecule is C=CCO[C@H]1O[C@@H]2COC(c3ccccc3)O[C@H]2[C@H](C(=O)C[C@@H](CCCCCCCCCCC)OCc2ccccc2)[C@H]1NC(=O)OCC(Cl)(Cl)Cl. The second-order valence-electron chi connectivity index (χ2n) is 13.4. The molecule has 0 saturated carbocycles. The van der Waals surface area contributed by atoms with Gasteiger partial charge >= 0.3 is 6.09 Å². The molecule has 7 atom stereocenters. The Labute approximate surface area is 323 Å². The molecule has 2 heterocycles. The minimum Gasteiger partial charge on any atom is -0.445 e. The van der Waals surface area contributed by atoms with Crippen molar-refractivity contribution in [3.05, 3.63) is 84.4 Å². The van der Waals surface area contributed by atoms with Crippen LogP contribution in [0.15, 0.2) is 73.3 Å². The number of hydrogen-bond donors (Lipinski definition) is 1. The Balaban J connectivity index is 1.55. The van der Waals surface area contributed by atoms with Crippen molar-refractivity contribution in [2.45, 2.75) is 125 Å². The Hall–Kier alpha value is -2.21. The van der Waals surface area contributed by atoms with Crippen molar-refractivity contribution < 1.29 is 38.0 Å². The molecular weight excluding hydrogens is 729 g/mol. The second kappa shape index (κ2) is 22.9. The fraction of sp³-hybridized carbons (Fsp3) is 0.600. The highest BCUT2D eigenvalue weighted by Gasteiger charge is 2.54. The Bertz CT molecular complexity index is 1330. The molecule has 0 aromatic heterocycles. The number of rotatable bonds is 22. The number of Topliss-reactive ketones (excluding diaryl/α,β-unsaturated/α-hetero) is 1. The lowest BCUT2D eigenvalue weighted by atomic mass is 9.81. The van der Waals surface area contributed by atoms with Gasteiger partial charge in [0.2, 0.25) is 3.79 Å². The van der Waals surface area contributed by atoms with E-state index in [-0.39, 0.29) is 31.5 Å². The van der Waals surface area contributed by atoms with Gasteiger partial charge in [-0.1, -0.05) is 166 Å². The monoisotopic (exact) mass is 781 g/mol. The number of alkyl carbamates (subject to hydrolysis) is 1. The molecular formula is C40H54Cl3NO8. The van der Waals surface area contributed by atoms with Crippen LogP contribution in [0.4, 0.5) is 4.79 Å². The molecule has 0 bridgehead atoms. The van der Waals surface area contributed by atoms with Crippen LogP contribution in [0.3, 0.4) is 0 Å². The molecule has 52 heavy (non-hydrogen) atoms. The molecule has 1 amide bonds. The molecule has 2 aromatic carbocycles. The van der Waals surface area contributed by atoms with Crippen LogP contribution in [-0.4, -0.2) is 66.1 Å². The summed E-state index contributed by atoms with van der Waals surface area (Å²) >= 11 is 17.6. The average Bonchev–Trinajstić information content (AvgIpc) is 3.14. The van der Waals surface area contributed by atoms with E-state index in [4.69, 9.17) is 63.2 Å². The van der Waals surface area contributed by atoms with E-state index in [9.17, 15) is 9.59 Å². The minimum absolute atomic E-state index is 0.0908. The van der Waals surface area contributed by atoms with E-state index in [1.165, 1.54) is 38.5 Å². The Morgan fingerprint density at radius 2 is 1.60 bits per heavy atom. The van der Waals surface area contributed by atoms with E-state index < -0.39 is 53.2 Å². The second-order valence-corrected chi connectivity index (χ2v) is 16.0. The van der Waals surface area contributed by atoms with E-state index in [0.29, 0.717) is 13.0 Å². The number of amides is 1. The first-order valence-corrected chi connectivity index (χ1v) is 19.7. The highest BCUT2D eigenvalue weighted by Crippen LogP contribution is 2.39. The van der Waals surface area contributed by atoms with Crippen LogP contribution in [0.5, 0.6) is 0 Å². The largest absolute Gasteiger partial charge is 0.445 e. The lowest BCUT2D eigenvalue weighted by Gasteiger charge is -2.49. The number of nitrogens with one attached hydrogen (secondary N) is 1. The molecule has 0 radical (unpaired) electrons. The van der Waals surface area contributed by atoms with E-state index >= 15 is 0 Å². The number of ether oxygens (including phenoxy) is 6. The Kier molecular flexibility index (Phi) is 18.7. The molecule has 2 aromatic rings. The summed E-state index contributed by atoms with van der Waals surface area (Å²) in [6, 6.07) is 18.3. The molecule has 2 aliphatic rings. The summed E-state index contributed by atoms with van der Waals surface area (Å²) < 4.78 is 34.7. The summed E-state index contributed by atoms with van der Waals surface area (Å²) in [5.74, 6) is -1.09. The minimum atomic E-state index is -1.83. The Morgan fingerprint density at radius 1 is 0.942 bits per heavy atom. The lowest BCUT2D eigenvalue weighted by Crippen LogP contribution is -2.66. The summed E-state index contributed by atoms with van der Waals surface area (Å²) in [5, 5.41) is 2.78. The van der Waals surface area contributed by atoms with Gasteiger partial charge in [0.15, 0.2) is 12.6 Å². The summed E-state index contributed by atoms with van der Waals surface area (Å²) in [4.78, 5) is 27.9. The van der Waals surface area contributed by atoms with Gasteiger partial charge in [0, 0.05) is 12.0 Å². The van der Waals surface area contributed by atoms with Crippen molar-refractivity contribution in [2.75, 3.05) is 19.8 Å². The third-order valence-corrected chi connectivity index (χ3v) is 9.59. The van der Waals surface area contributed by atoms with Gasteiger partial charge in [-0.3, -0.25) is 4.79 Å². The van der Waals surface area contributed by atoms with Gasteiger partial charge in [-0.15, -0.1) is 6.58 Å². The number of unbranched alkanes of at least 4 members (excludes halogenated alkanes) is 8. The van der Waals surface area contributed by atoms with Crippen molar-refractivity contribution in [3.63, 3.8) is 0 Å². The maximum Gasteiger partial charge on any atom is 0.407 e. The predicted octanol–water partition coefficient (Wildman–Crippen LogP) is 9.57. The molecule has 4 rings (SSSR count). The zero-order valence-electron chi connectivity index (χ0n) is 30.1. The molecule has 0 aliphatic carbocycles. The van der Waals surface area contributed by atoms with Gasteiger partial charge in [0.25, 0.3) is 0 Å². The van der Waals surface area contributed by atoms with Crippen molar-refractivity contribution in [2.24, 2.45) is 5.92 Å². The number of ketones is 1. The highest BCUT2D eigenvalue weighted by atomic mass is 35.6. The van der Waals surface area contributed by atoms with Crippen molar-refractivity contribution >= 4 is 46.7 Å². The molecule has 1 unspecified atom stereocenters. The Morgan fingerprint density at radius 3 is 2.25 bits per heavy atom. The number of carbonyl (C=O) groups excluding carboxylic acids is 2. The topological polar surface area (TPSA) is 102 Å². The molecule has 2 saturated heterocycles. The van der Waals surface area contributed by atoms with Crippen molar-refractivity contribution in [1.29, 1.82) is 0 Å². The van der Waals surface area contributed by atoms with Gasteiger partial charge in [0.1, 0.15) is 24.6 Å². The maximum absolute atomic E-state index is 14.7. The van der Waals surface area contributed by atoms with Gasteiger partial charge in [0.05, 0.1) is 37.9 Å². The molecule has 12 heteroatoms. The van der Waals surface area contributed by atoms with Gasteiger partial charge < -0.3 is 33.7 Å². The van der Waals surface area contributed by atoms with Crippen LogP contribution < -0.4 is 5.32 Å². The number of halogens is 3. The third kappa shape index (κ3) is 14.6. The molecule has 2 aliphatic heterocycles. The molecule has 2 fully saturated rings. The van der Waals surface area contributed by atoms with Crippen LogP contribution >= 0.6 is 34.8 Å². The summed E-state index contributed by atoms with van der Waals surface area (Å²) in [6.45, 7) is 6.07. The summed E-state index contributed by atoms with van der Waals surface area (Å²) in [7, 11) is 0. The number of alkyl halides is 3. The number of benzene rings is 2. The first kappa shape index (κ1) is 42.5. The van der Waals surface area contributed by atoms with Gasteiger partial charge in [-0.2, -0.15) is 0 Å². The fourth-order valence-electron chi connectivity index (χ4n) is 6.64. The first-order chi connectivity index (χ1) is 25.2. The highest BCUT2D eigenvalue weighted by molar-refractivity contribution is 6.67. The van der Waals surface area contributed by atoms with Crippen LogP contribution in [-0.2, 0) is 39.8 Å². The third-order valence-electron chi connectivity index (χ3n) is 9.26.